The molecule has 0 aliphatic carbocycles. The first kappa shape index (κ1) is 21.8. The van der Waals surface area contributed by atoms with Crippen LogP contribution in [0.25, 0.3) is 11.0 Å². The van der Waals surface area contributed by atoms with Gasteiger partial charge in [0.25, 0.3) is 0 Å². The number of unbranched alkanes of at least 4 members (excludes halogenated alkanes) is 1. The summed E-state index contributed by atoms with van der Waals surface area (Å²) < 4.78 is 7.49. The van der Waals surface area contributed by atoms with Gasteiger partial charge in [0.05, 0.1) is 25.5 Å². The van der Waals surface area contributed by atoms with Crippen molar-refractivity contribution in [3.05, 3.63) is 35.5 Å². The van der Waals surface area contributed by atoms with Gasteiger partial charge in [-0.05, 0) is 30.9 Å². The molecule has 3 aromatic rings. The number of hydrogen-bond acceptors (Lipinski definition) is 7. The van der Waals surface area contributed by atoms with Crippen molar-refractivity contribution in [3.63, 3.8) is 0 Å². The van der Waals surface area contributed by atoms with Gasteiger partial charge >= 0.3 is 0 Å². The summed E-state index contributed by atoms with van der Waals surface area (Å²) in [6, 6.07) is 5.87. The number of hydrogen-bond donors (Lipinski definition) is 3. The summed E-state index contributed by atoms with van der Waals surface area (Å²) in [7, 11) is 1.64. The Morgan fingerprint density at radius 1 is 1.20 bits per heavy atom. The Labute approximate surface area is 177 Å². The Kier molecular flexibility index (Phi) is 6.77. The number of rotatable bonds is 10. The van der Waals surface area contributed by atoms with Gasteiger partial charge in [-0.25, -0.2) is 4.98 Å². The van der Waals surface area contributed by atoms with E-state index < -0.39 is 5.60 Å². The van der Waals surface area contributed by atoms with Gasteiger partial charge in [0, 0.05) is 12.1 Å². The van der Waals surface area contributed by atoms with Crippen molar-refractivity contribution in [1.29, 1.82) is 0 Å². The molecule has 30 heavy (non-hydrogen) atoms. The first-order valence-corrected chi connectivity index (χ1v) is 10.6. The Hall–Kier alpha value is -2.87. The number of nitrogens with zero attached hydrogens (tertiary/aromatic N) is 4. The van der Waals surface area contributed by atoms with Crippen LogP contribution in [0.4, 0.5) is 11.8 Å². The summed E-state index contributed by atoms with van der Waals surface area (Å²) in [6.07, 6.45) is 5.10. The van der Waals surface area contributed by atoms with E-state index in [0.717, 1.165) is 36.0 Å². The Balaban J connectivity index is 1.98. The van der Waals surface area contributed by atoms with Crippen molar-refractivity contribution in [2.24, 2.45) is 0 Å². The number of aromatic nitrogens is 4. The maximum atomic E-state index is 10.9. The molecule has 0 fully saturated rings. The van der Waals surface area contributed by atoms with Crippen molar-refractivity contribution in [2.75, 3.05) is 24.7 Å². The molecule has 0 radical (unpaired) electrons. The maximum Gasteiger partial charge on any atom is 0.222 e. The molecule has 0 atom stereocenters. The van der Waals surface area contributed by atoms with Crippen LogP contribution in [0, 0.1) is 0 Å². The number of ether oxygens (including phenoxy) is 1. The molecule has 4 N–H and O–H groups in total. The molecular weight excluding hydrogens is 380 g/mol. The normalized spacial score (nSPS) is 11.8. The zero-order valence-electron chi connectivity index (χ0n) is 18.3. The van der Waals surface area contributed by atoms with Crippen LogP contribution < -0.4 is 15.8 Å². The summed E-state index contributed by atoms with van der Waals surface area (Å²) >= 11 is 0. The van der Waals surface area contributed by atoms with E-state index in [4.69, 9.17) is 10.5 Å². The van der Waals surface area contributed by atoms with E-state index in [9.17, 15) is 5.11 Å². The Morgan fingerprint density at radius 2 is 1.97 bits per heavy atom. The minimum absolute atomic E-state index is 0.224. The molecule has 0 saturated carbocycles. The first-order valence-electron chi connectivity index (χ1n) is 10.6. The average molecular weight is 413 g/mol. The molecule has 2 heterocycles. The monoisotopic (exact) mass is 412 g/mol. The molecular formula is C22H32N6O2. The Morgan fingerprint density at radius 3 is 2.63 bits per heavy atom. The van der Waals surface area contributed by atoms with Crippen LogP contribution in [0.5, 0.6) is 5.75 Å². The lowest BCUT2D eigenvalue weighted by molar-refractivity contribution is 0.0281. The number of benzene rings is 1. The fourth-order valence-electron chi connectivity index (χ4n) is 3.63. The minimum Gasteiger partial charge on any atom is -0.496 e. The van der Waals surface area contributed by atoms with E-state index in [1.54, 1.807) is 13.3 Å². The van der Waals surface area contributed by atoms with Gasteiger partial charge in [0.1, 0.15) is 16.8 Å². The van der Waals surface area contributed by atoms with Gasteiger partial charge in [-0.2, -0.15) is 10.1 Å². The molecule has 0 aliphatic rings. The van der Waals surface area contributed by atoms with Gasteiger partial charge in [-0.15, -0.1) is 0 Å². The molecule has 2 aromatic heterocycles. The predicted molar refractivity (Wildman–Crippen MR) is 120 cm³/mol. The van der Waals surface area contributed by atoms with Crippen molar-refractivity contribution >= 4 is 22.8 Å². The zero-order valence-corrected chi connectivity index (χ0v) is 18.3. The lowest BCUT2D eigenvalue weighted by Crippen LogP contribution is -2.23. The number of anilines is 2. The van der Waals surface area contributed by atoms with Gasteiger partial charge in [0.2, 0.25) is 5.95 Å². The second-order valence-electron chi connectivity index (χ2n) is 7.51. The summed E-state index contributed by atoms with van der Waals surface area (Å²) in [5.41, 5.74) is 8.34. The van der Waals surface area contributed by atoms with E-state index in [1.807, 2.05) is 36.7 Å². The fourth-order valence-corrected chi connectivity index (χ4v) is 3.63. The van der Waals surface area contributed by atoms with Gasteiger partial charge in [-0.3, -0.25) is 4.68 Å². The molecule has 0 bridgehead atoms. The highest BCUT2D eigenvalue weighted by molar-refractivity contribution is 5.86. The van der Waals surface area contributed by atoms with Crippen LogP contribution >= 0.6 is 0 Å². The average Bonchev–Trinajstić information content (AvgIpc) is 3.15. The molecule has 8 nitrogen and oxygen atoms in total. The van der Waals surface area contributed by atoms with E-state index in [1.165, 1.54) is 0 Å². The smallest absolute Gasteiger partial charge is 0.222 e. The van der Waals surface area contributed by atoms with Gasteiger partial charge < -0.3 is 20.9 Å². The maximum absolute atomic E-state index is 10.9. The number of methoxy groups -OCH3 is 1. The molecule has 8 heteroatoms. The summed E-state index contributed by atoms with van der Waals surface area (Å²) in [6.45, 7) is 7.40. The van der Waals surface area contributed by atoms with Crippen molar-refractivity contribution in [1.82, 2.24) is 19.7 Å². The van der Waals surface area contributed by atoms with Crippen LogP contribution in [-0.4, -0.2) is 38.5 Å². The second-order valence-corrected chi connectivity index (χ2v) is 7.51. The number of nitrogen functional groups attached to an aromatic ring is 1. The molecule has 0 saturated heterocycles. The van der Waals surface area contributed by atoms with Crippen LogP contribution in [0.1, 0.15) is 57.6 Å². The van der Waals surface area contributed by atoms with Gasteiger partial charge in [-0.1, -0.05) is 39.3 Å². The lowest BCUT2D eigenvalue weighted by Gasteiger charge is -2.26. The van der Waals surface area contributed by atoms with Crippen molar-refractivity contribution in [2.45, 2.75) is 58.6 Å². The summed E-state index contributed by atoms with van der Waals surface area (Å²) in [5.74, 6) is 1.63. The Bertz CT molecular complexity index is 997. The standard InChI is InChI=1S/C22H32N6O2/c1-5-8-11-24-20-19-17(26-21(23)27-20)13-25-28(19)14-15-9-10-16(12-18(15)30-4)22(29,6-2)7-3/h9-10,12-13,29H,5-8,11,14H2,1-4H3,(H3,23,24,26,27). The fraction of sp³-hybridized carbons (Fsp3) is 0.500. The molecule has 162 valence electrons. The lowest BCUT2D eigenvalue weighted by atomic mass is 9.88. The number of fused-ring (bicyclic) bond motifs is 1. The van der Waals surface area contributed by atoms with E-state index >= 15 is 0 Å². The SMILES string of the molecule is CCCCNc1nc(N)nc2cnn(Cc3ccc(C(O)(CC)CC)cc3OC)c12. The minimum atomic E-state index is -0.855. The number of nitrogens with one attached hydrogen (secondary N) is 1. The van der Waals surface area contributed by atoms with Crippen LogP contribution in [0.3, 0.4) is 0 Å². The van der Waals surface area contributed by atoms with Crippen molar-refractivity contribution < 1.29 is 9.84 Å². The highest BCUT2D eigenvalue weighted by atomic mass is 16.5. The van der Waals surface area contributed by atoms with Crippen LogP contribution in [0.2, 0.25) is 0 Å². The third-order valence-corrected chi connectivity index (χ3v) is 5.64. The topological polar surface area (TPSA) is 111 Å². The largest absolute Gasteiger partial charge is 0.496 e. The molecule has 0 spiro atoms. The molecule has 0 amide bonds. The molecule has 0 unspecified atom stereocenters. The van der Waals surface area contributed by atoms with Crippen LogP contribution in [0.15, 0.2) is 24.4 Å². The third kappa shape index (κ3) is 4.33. The third-order valence-electron chi connectivity index (χ3n) is 5.64. The van der Waals surface area contributed by atoms with E-state index in [-0.39, 0.29) is 5.95 Å². The quantitative estimate of drug-likeness (QED) is 0.436. The first-order chi connectivity index (χ1) is 14.5. The molecule has 1 aromatic carbocycles. The highest BCUT2D eigenvalue weighted by Crippen LogP contribution is 2.33. The summed E-state index contributed by atoms with van der Waals surface area (Å²) in [4.78, 5) is 8.71. The zero-order chi connectivity index (χ0) is 21.7. The van der Waals surface area contributed by atoms with Crippen LogP contribution in [-0.2, 0) is 12.1 Å². The molecule has 0 aliphatic heterocycles. The highest BCUT2D eigenvalue weighted by Gasteiger charge is 2.26. The van der Waals surface area contributed by atoms with Gasteiger partial charge in [0.15, 0.2) is 5.82 Å². The predicted octanol–water partition coefficient (Wildman–Crippen LogP) is 3.69. The van der Waals surface area contributed by atoms with E-state index in [2.05, 4.69) is 27.3 Å². The second kappa shape index (κ2) is 9.30. The number of aliphatic hydroxyl groups is 1. The van der Waals surface area contributed by atoms with E-state index in [0.29, 0.717) is 36.5 Å². The summed E-state index contributed by atoms with van der Waals surface area (Å²) in [5, 5.41) is 18.7. The molecule has 3 rings (SSSR count). The van der Waals surface area contributed by atoms with Crippen molar-refractivity contribution in [3.8, 4) is 5.75 Å². The number of nitrogens with two attached hydrogens (primary N) is 1.